The molecule has 6 heteroatoms. The molecule has 1 aromatic carbocycles. The van der Waals surface area contributed by atoms with Gasteiger partial charge in [-0.1, -0.05) is 45.0 Å². The Labute approximate surface area is 174 Å². The molecule has 3 rings (SSSR count). The molecule has 1 aliphatic rings. The number of rotatable bonds is 7. The van der Waals surface area contributed by atoms with Gasteiger partial charge in [-0.3, -0.25) is 4.99 Å². The zero-order valence-electron chi connectivity index (χ0n) is 18.1. The van der Waals surface area contributed by atoms with Crippen LogP contribution in [0.2, 0.25) is 0 Å². The van der Waals surface area contributed by atoms with Crippen LogP contribution < -0.4 is 10.6 Å². The second-order valence-corrected chi connectivity index (χ2v) is 8.52. The first-order chi connectivity index (χ1) is 14.0. The molecule has 2 aromatic rings. The average Bonchev–Trinajstić information content (AvgIpc) is 3.20. The van der Waals surface area contributed by atoms with Crippen LogP contribution in [0.4, 0.5) is 0 Å². The number of ether oxygens (including phenoxy) is 1. The van der Waals surface area contributed by atoms with Gasteiger partial charge in [0.2, 0.25) is 5.89 Å². The fraction of sp³-hybridized carbons (Fsp3) is 0.565. The van der Waals surface area contributed by atoms with E-state index >= 15 is 0 Å². The van der Waals surface area contributed by atoms with Crippen LogP contribution >= 0.6 is 0 Å². The fourth-order valence-corrected chi connectivity index (χ4v) is 3.51. The summed E-state index contributed by atoms with van der Waals surface area (Å²) in [7, 11) is 1.76. The van der Waals surface area contributed by atoms with Crippen molar-refractivity contribution in [1.82, 2.24) is 15.6 Å². The highest BCUT2D eigenvalue weighted by atomic mass is 16.5. The molecule has 1 atom stereocenters. The number of guanidine groups is 1. The van der Waals surface area contributed by atoms with E-state index < -0.39 is 0 Å². The molecule has 1 unspecified atom stereocenters. The zero-order chi connectivity index (χ0) is 20.7. The van der Waals surface area contributed by atoms with Gasteiger partial charge in [0.15, 0.2) is 5.96 Å². The zero-order valence-corrected chi connectivity index (χ0v) is 18.1. The molecule has 6 nitrogen and oxygen atoms in total. The molecule has 0 amide bonds. The molecule has 0 radical (unpaired) electrons. The number of nitrogens with one attached hydrogen (secondary N) is 2. The minimum absolute atomic E-state index is 0.0377. The van der Waals surface area contributed by atoms with E-state index in [1.54, 1.807) is 13.2 Å². The Hall–Kier alpha value is -2.34. The largest absolute Gasteiger partial charge is 0.443 e. The van der Waals surface area contributed by atoms with Crippen LogP contribution in [0.1, 0.15) is 68.9 Å². The van der Waals surface area contributed by atoms with Crippen molar-refractivity contribution >= 4 is 5.96 Å². The van der Waals surface area contributed by atoms with Gasteiger partial charge in [-0.2, -0.15) is 0 Å². The van der Waals surface area contributed by atoms with Crippen molar-refractivity contribution in [2.45, 2.75) is 64.5 Å². The lowest BCUT2D eigenvalue weighted by Gasteiger charge is -2.25. The van der Waals surface area contributed by atoms with Gasteiger partial charge < -0.3 is 19.8 Å². The number of aliphatic imine (C=N–C) groups is 1. The van der Waals surface area contributed by atoms with Crippen LogP contribution in [0, 0.1) is 0 Å². The van der Waals surface area contributed by atoms with Gasteiger partial charge in [0.05, 0.1) is 18.8 Å². The first kappa shape index (κ1) is 21.4. The van der Waals surface area contributed by atoms with Crippen LogP contribution in [0.5, 0.6) is 0 Å². The number of oxazole rings is 1. The molecule has 0 saturated carbocycles. The van der Waals surface area contributed by atoms with E-state index in [0.29, 0.717) is 12.4 Å². The third-order valence-corrected chi connectivity index (χ3v) is 5.17. The quantitative estimate of drug-likeness (QED) is 0.417. The topological polar surface area (TPSA) is 71.7 Å². The molecule has 0 fully saturated rings. The highest BCUT2D eigenvalue weighted by molar-refractivity contribution is 5.79. The number of hydrogen-bond acceptors (Lipinski definition) is 4. The van der Waals surface area contributed by atoms with E-state index in [4.69, 9.17) is 9.15 Å². The lowest BCUT2D eigenvalue weighted by molar-refractivity contribution is 0.0398. The molecule has 1 aliphatic carbocycles. The normalized spacial score (nSPS) is 17.1. The monoisotopic (exact) mass is 398 g/mol. The molecule has 0 bridgehead atoms. The molecule has 0 saturated heterocycles. The van der Waals surface area contributed by atoms with E-state index in [9.17, 15) is 0 Å². The predicted molar refractivity (Wildman–Crippen MR) is 116 cm³/mol. The predicted octanol–water partition coefficient (Wildman–Crippen LogP) is 4.12. The molecule has 1 aromatic heterocycles. The van der Waals surface area contributed by atoms with Gasteiger partial charge in [-0.25, -0.2) is 4.98 Å². The smallest absolute Gasteiger partial charge is 0.213 e. The van der Waals surface area contributed by atoms with Crippen molar-refractivity contribution in [3.63, 3.8) is 0 Å². The minimum Gasteiger partial charge on any atom is -0.443 e. The molecule has 0 aliphatic heterocycles. The molecule has 1 heterocycles. The van der Waals surface area contributed by atoms with Crippen molar-refractivity contribution in [2.75, 3.05) is 20.2 Å². The summed E-state index contributed by atoms with van der Waals surface area (Å²) < 4.78 is 12.0. The maximum absolute atomic E-state index is 6.16. The van der Waals surface area contributed by atoms with Crippen LogP contribution in [-0.2, 0) is 23.1 Å². The van der Waals surface area contributed by atoms with Crippen LogP contribution in [-0.4, -0.2) is 31.1 Å². The number of aryl methyl sites for hydroxylation is 1. The summed E-state index contributed by atoms with van der Waals surface area (Å²) in [5, 5.41) is 6.57. The van der Waals surface area contributed by atoms with Gasteiger partial charge in [0.25, 0.3) is 0 Å². The van der Waals surface area contributed by atoms with Gasteiger partial charge in [-0.15, -0.1) is 0 Å². The summed E-state index contributed by atoms with van der Waals surface area (Å²) in [6.07, 6.45) is 6.44. The van der Waals surface area contributed by atoms with Crippen molar-refractivity contribution < 1.29 is 9.15 Å². The number of aromatic nitrogens is 1. The average molecular weight is 399 g/mol. The van der Waals surface area contributed by atoms with Crippen LogP contribution in [0.25, 0.3) is 0 Å². The summed E-state index contributed by atoms with van der Waals surface area (Å²) in [5.74, 6) is 2.29. The number of hydrogen-bond donors (Lipinski definition) is 2. The van der Waals surface area contributed by atoms with E-state index in [0.717, 1.165) is 37.7 Å². The summed E-state index contributed by atoms with van der Waals surface area (Å²) in [6, 6.07) is 8.65. The Bertz CT molecular complexity index is 807. The summed E-state index contributed by atoms with van der Waals surface area (Å²) >= 11 is 0. The molecule has 158 valence electrons. The standard InChI is InChI=1S/C23H34N4O2/c1-23(2,3)20-15-26-21(29-20)16-27-22(24-4)25-13-8-14-28-19-12-7-10-17-9-5-6-11-18(17)19/h5-6,9,11,15,19H,7-8,10,12-14,16H2,1-4H3,(H2,24,25,27). The van der Waals surface area contributed by atoms with E-state index in [1.807, 2.05) is 0 Å². The van der Waals surface area contributed by atoms with Crippen molar-refractivity contribution in [3.8, 4) is 0 Å². The van der Waals surface area contributed by atoms with Crippen molar-refractivity contribution in [1.29, 1.82) is 0 Å². The van der Waals surface area contributed by atoms with Crippen LogP contribution in [0.3, 0.4) is 0 Å². The molecular formula is C23H34N4O2. The van der Waals surface area contributed by atoms with Gasteiger partial charge in [-0.05, 0) is 36.8 Å². The molecule has 0 spiro atoms. The van der Waals surface area contributed by atoms with Crippen LogP contribution in [0.15, 0.2) is 39.9 Å². The third-order valence-electron chi connectivity index (χ3n) is 5.17. The van der Waals surface area contributed by atoms with Gasteiger partial charge >= 0.3 is 0 Å². The SMILES string of the molecule is CN=C(NCCCOC1CCCc2ccccc21)NCc1ncc(C(C)(C)C)o1. The lowest BCUT2D eigenvalue weighted by atomic mass is 9.89. The lowest BCUT2D eigenvalue weighted by Crippen LogP contribution is -2.37. The highest BCUT2D eigenvalue weighted by Crippen LogP contribution is 2.32. The summed E-state index contributed by atoms with van der Waals surface area (Å²) in [6.45, 7) is 8.37. The number of nitrogens with zero attached hydrogens (tertiary/aromatic N) is 2. The Morgan fingerprint density at radius 1 is 1.28 bits per heavy atom. The Morgan fingerprint density at radius 3 is 2.86 bits per heavy atom. The maximum Gasteiger partial charge on any atom is 0.213 e. The second kappa shape index (κ2) is 9.92. The minimum atomic E-state index is -0.0377. The Morgan fingerprint density at radius 2 is 2.10 bits per heavy atom. The van der Waals surface area contributed by atoms with Crippen molar-refractivity contribution in [3.05, 3.63) is 53.2 Å². The molecule has 29 heavy (non-hydrogen) atoms. The second-order valence-electron chi connectivity index (χ2n) is 8.52. The van der Waals surface area contributed by atoms with E-state index in [2.05, 4.69) is 65.6 Å². The number of benzene rings is 1. The van der Waals surface area contributed by atoms with Gasteiger partial charge in [0, 0.05) is 25.6 Å². The summed E-state index contributed by atoms with van der Waals surface area (Å²) in [5.41, 5.74) is 2.77. The van der Waals surface area contributed by atoms with Crippen molar-refractivity contribution in [2.24, 2.45) is 4.99 Å². The Kier molecular flexibility index (Phi) is 7.31. The third kappa shape index (κ3) is 6.07. The first-order valence-electron chi connectivity index (χ1n) is 10.6. The van der Waals surface area contributed by atoms with E-state index in [1.165, 1.54) is 24.0 Å². The highest BCUT2D eigenvalue weighted by Gasteiger charge is 2.20. The first-order valence-corrected chi connectivity index (χ1v) is 10.6. The molecule has 2 N–H and O–H groups in total. The number of fused-ring (bicyclic) bond motifs is 1. The Balaban J connectivity index is 1.36. The van der Waals surface area contributed by atoms with E-state index in [-0.39, 0.29) is 11.5 Å². The van der Waals surface area contributed by atoms with Gasteiger partial charge in [0.1, 0.15) is 5.76 Å². The summed E-state index contributed by atoms with van der Waals surface area (Å²) in [4.78, 5) is 8.60. The molecular weight excluding hydrogens is 364 g/mol. The fourth-order valence-electron chi connectivity index (χ4n) is 3.51. The maximum atomic E-state index is 6.16.